The number of hydrogen-bond donors (Lipinski definition) is 1. The van der Waals surface area contributed by atoms with E-state index in [1.807, 2.05) is 12.1 Å². The average Bonchev–Trinajstić information content (AvgIpc) is 3.01. The highest BCUT2D eigenvalue weighted by Crippen LogP contribution is 2.30. The van der Waals surface area contributed by atoms with Crippen LogP contribution in [0.5, 0.6) is 0 Å². The van der Waals surface area contributed by atoms with Crippen molar-refractivity contribution in [3.63, 3.8) is 0 Å². The molecule has 3 aromatic rings. The number of benzene rings is 2. The summed E-state index contributed by atoms with van der Waals surface area (Å²) in [4.78, 5) is 12.6. The Labute approximate surface area is 149 Å². The fraction of sp³-hybridized carbons (Fsp3) is 0.105. The Hall–Kier alpha value is -3.10. The van der Waals surface area contributed by atoms with Crippen molar-refractivity contribution in [1.82, 2.24) is 10.5 Å². The summed E-state index contributed by atoms with van der Waals surface area (Å²) in [6.45, 7) is 1.97. The monoisotopic (exact) mass is 351 g/mol. The average molecular weight is 352 g/mol. The summed E-state index contributed by atoms with van der Waals surface area (Å²) in [7, 11) is 0. The molecule has 1 heterocycles. The van der Waals surface area contributed by atoms with Crippen molar-refractivity contribution < 1.29 is 9.32 Å². The topological polar surface area (TPSA) is 78.9 Å². The summed E-state index contributed by atoms with van der Waals surface area (Å²) in [6, 6.07) is 16.3. The molecule has 124 valence electrons. The Morgan fingerprint density at radius 2 is 2.08 bits per heavy atom. The molecule has 0 unspecified atom stereocenters. The molecule has 0 saturated carbocycles. The number of aryl methyl sites for hydroxylation is 1. The molecule has 3 rings (SSSR count). The molecule has 2 aromatic carbocycles. The van der Waals surface area contributed by atoms with Gasteiger partial charge in [-0.15, -0.1) is 0 Å². The molecule has 0 fully saturated rings. The van der Waals surface area contributed by atoms with Crippen molar-refractivity contribution in [3.05, 3.63) is 76.0 Å². The normalized spacial score (nSPS) is 10.3. The minimum atomic E-state index is -0.309. The molecule has 5 nitrogen and oxygen atoms in total. The minimum absolute atomic E-state index is 0.293. The first-order valence-electron chi connectivity index (χ1n) is 7.58. The van der Waals surface area contributed by atoms with Crippen LogP contribution >= 0.6 is 11.6 Å². The first kappa shape index (κ1) is 16.7. The van der Waals surface area contributed by atoms with Crippen molar-refractivity contribution in [2.45, 2.75) is 13.5 Å². The van der Waals surface area contributed by atoms with Crippen molar-refractivity contribution in [2.24, 2.45) is 0 Å². The van der Waals surface area contributed by atoms with Crippen LogP contribution in [0, 0.1) is 18.3 Å². The lowest BCUT2D eigenvalue weighted by Crippen LogP contribution is -2.23. The van der Waals surface area contributed by atoms with Crippen LogP contribution in [0.25, 0.3) is 11.3 Å². The molecule has 1 aromatic heterocycles. The van der Waals surface area contributed by atoms with Gasteiger partial charge < -0.3 is 9.84 Å². The van der Waals surface area contributed by atoms with Crippen molar-refractivity contribution in [2.75, 3.05) is 0 Å². The van der Waals surface area contributed by atoms with Gasteiger partial charge in [0.1, 0.15) is 17.0 Å². The minimum Gasteiger partial charge on any atom is -0.360 e. The number of carbonyl (C=O) groups is 1. The highest BCUT2D eigenvalue weighted by molar-refractivity contribution is 6.33. The van der Waals surface area contributed by atoms with Gasteiger partial charge in [-0.05, 0) is 30.7 Å². The highest BCUT2D eigenvalue weighted by atomic mass is 35.5. The van der Waals surface area contributed by atoms with E-state index in [2.05, 4.69) is 16.5 Å². The third-order valence-electron chi connectivity index (χ3n) is 3.73. The lowest BCUT2D eigenvalue weighted by Gasteiger charge is -2.07. The van der Waals surface area contributed by atoms with Crippen LogP contribution in [0.15, 0.2) is 53.1 Å². The molecule has 0 atom stereocenters. The largest absolute Gasteiger partial charge is 0.360 e. The fourth-order valence-electron chi connectivity index (χ4n) is 2.50. The van der Waals surface area contributed by atoms with Crippen molar-refractivity contribution in [3.8, 4) is 17.3 Å². The zero-order chi connectivity index (χ0) is 17.8. The third kappa shape index (κ3) is 3.54. The van der Waals surface area contributed by atoms with Gasteiger partial charge in [-0.1, -0.05) is 47.1 Å². The summed E-state index contributed by atoms with van der Waals surface area (Å²) in [5, 5.41) is 16.3. The molecular formula is C19H14ClN3O2. The van der Waals surface area contributed by atoms with Crippen molar-refractivity contribution in [1.29, 1.82) is 5.26 Å². The second kappa shape index (κ2) is 7.20. The lowest BCUT2D eigenvalue weighted by atomic mass is 10.1. The maximum atomic E-state index is 12.6. The molecule has 0 bridgehead atoms. The van der Waals surface area contributed by atoms with Gasteiger partial charge in [-0.2, -0.15) is 5.26 Å². The highest BCUT2D eigenvalue weighted by Gasteiger charge is 2.22. The van der Waals surface area contributed by atoms with E-state index in [1.165, 1.54) is 0 Å². The predicted molar refractivity (Wildman–Crippen MR) is 94.0 cm³/mol. The fourth-order valence-corrected chi connectivity index (χ4v) is 2.72. The lowest BCUT2D eigenvalue weighted by molar-refractivity contribution is 0.0950. The number of nitrogens with zero attached hydrogens (tertiary/aromatic N) is 2. The van der Waals surface area contributed by atoms with E-state index in [1.54, 1.807) is 43.3 Å². The number of aromatic nitrogens is 1. The molecule has 25 heavy (non-hydrogen) atoms. The summed E-state index contributed by atoms with van der Waals surface area (Å²) in [5.41, 5.74) is 2.78. The molecule has 1 N–H and O–H groups in total. The smallest absolute Gasteiger partial charge is 0.257 e. The van der Waals surface area contributed by atoms with Gasteiger partial charge in [0.15, 0.2) is 0 Å². The first-order chi connectivity index (χ1) is 12.1. The van der Waals surface area contributed by atoms with Gasteiger partial charge in [0, 0.05) is 12.1 Å². The maximum Gasteiger partial charge on any atom is 0.257 e. The summed E-state index contributed by atoms with van der Waals surface area (Å²) >= 11 is 6.21. The summed E-state index contributed by atoms with van der Waals surface area (Å²) in [6.07, 6.45) is 0. The van der Waals surface area contributed by atoms with E-state index in [0.717, 1.165) is 5.56 Å². The molecule has 0 saturated heterocycles. The van der Waals surface area contributed by atoms with Crippen LogP contribution in [0.1, 0.15) is 27.2 Å². The standard InChI is InChI=1S/C19H14ClN3O2/c1-12-17(18(23-25-12)15-7-2-3-8-16(15)20)19(24)22-11-14-6-4-5-13(9-14)10-21/h2-9H,11H2,1H3,(H,22,24). The molecule has 0 spiro atoms. The Morgan fingerprint density at radius 3 is 2.84 bits per heavy atom. The number of hydrogen-bond acceptors (Lipinski definition) is 4. The van der Waals surface area contributed by atoms with E-state index in [4.69, 9.17) is 21.4 Å². The zero-order valence-corrected chi connectivity index (χ0v) is 14.2. The number of rotatable bonds is 4. The molecule has 0 aliphatic rings. The second-order valence-corrected chi connectivity index (χ2v) is 5.84. The molecule has 6 heteroatoms. The van der Waals surface area contributed by atoms with Crippen molar-refractivity contribution >= 4 is 17.5 Å². The number of halogens is 1. The Kier molecular flexibility index (Phi) is 4.82. The number of nitriles is 1. The van der Waals surface area contributed by atoms with Gasteiger partial charge >= 0.3 is 0 Å². The molecule has 0 aliphatic carbocycles. The van der Waals surface area contributed by atoms with Crippen LogP contribution in [-0.4, -0.2) is 11.1 Å². The first-order valence-corrected chi connectivity index (χ1v) is 7.96. The number of amides is 1. The van der Waals surface area contributed by atoms with E-state index >= 15 is 0 Å². The van der Waals surface area contributed by atoms with E-state index < -0.39 is 0 Å². The third-order valence-corrected chi connectivity index (χ3v) is 4.06. The van der Waals surface area contributed by atoms with E-state index in [9.17, 15) is 4.79 Å². The Morgan fingerprint density at radius 1 is 1.28 bits per heavy atom. The van der Waals surface area contributed by atoms with Crippen LogP contribution in [0.2, 0.25) is 5.02 Å². The molecule has 1 amide bonds. The quantitative estimate of drug-likeness (QED) is 0.767. The number of nitrogens with one attached hydrogen (secondary N) is 1. The Bertz CT molecular complexity index is 973. The van der Waals surface area contributed by atoms with Gasteiger partial charge in [-0.25, -0.2) is 0 Å². The maximum absolute atomic E-state index is 12.6. The van der Waals surface area contributed by atoms with Crippen LogP contribution < -0.4 is 5.32 Å². The van der Waals surface area contributed by atoms with Gasteiger partial charge in [0.2, 0.25) is 0 Å². The zero-order valence-electron chi connectivity index (χ0n) is 13.4. The predicted octanol–water partition coefficient (Wildman–Crippen LogP) is 4.11. The van der Waals surface area contributed by atoms with Gasteiger partial charge in [0.25, 0.3) is 5.91 Å². The summed E-state index contributed by atoms with van der Waals surface area (Å²) < 4.78 is 5.20. The van der Waals surface area contributed by atoms with Crippen LogP contribution in [0.3, 0.4) is 0 Å². The van der Waals surface area contributed by atoms with Crippen LogP contribution in [0.4, 0.5) is 0 Å². The number of carbonyl (C=O) groups excluding carboxylic acids is 1. The van der Waals surface area contributed by atoms with Crippen LogP contribution in [-0.2, 0) is 6.54 Å². The summed E-state index contributed by atoms with van der Waals surface area (Å²) in [5.74, 6) is 0.106. The van der Waals surface area contributed by atoms with E-state index in [-0.39, 0.29) is 5.91 Å². The van der Waals surface area contributed by atoms with Gasteiger partial charge in [0.05, 0.1) is 16.7 Å². The van der Waals surface area contributed by atoms with Gasteiger partial charge in [-0.3, -0.25) is 4.79 Å². The Balaban J connectivity index is 1.85. The molecule has 0 radical (unpaired) electrons. The van der Waals surface area contributed by atoms with E-state index in [0.29, 0.717) is 39.7 Å². The second-order valence-electron chi connectivity index (χ2n) is 5.44. The molecule has 0 aliphatic heterocycles. The SMILES string of the molecule is Cc1onc(-c2ccccc2Cl)c1C(=O)NCc1cccc(C#N)c1. The molecular weight excluding hydrogens is 338 g/mol.